The van der Waals surface area contributed by atoms with Crippen LogP contribution in [0.15, 0.2) is 0 Å². The molecule has 7 atom stereocenters. The van der Waals surface area contributed by atoms with Gasteiger partial charge in [-0.05, 0) is 51.4 Å². The smallest absolute Gasteiger partial charge is 0.315 e. The number of unbranched alkanes of at least 4 members (excludes halogenated alkanes) is 1. The van der Waals surface area contributed by atoms with Gasteiger partial charge in [-0.1, -0.05) is 34.1 Å². The van der Waals surface area contributed by atoms with Gasteiger partial charge in [0, 0.05) is 17.4 Å². The van der Waals surface area contributed by atoms with Crippen LogP contribution in [0, 0.1) is 11.8 Å². The Labute approximate surface area is 241 Å². The van der Waals surface area contributed by atoms with Crippen molar-refractivity contribution < 1.29 is 28.7 Å². The molecule has 12 heteroatoms. The average Bonchev–Trinajstić information content (AvgIpc) is 3.35. The third-order valence-corrected chi connectivity index (χ3v) is 9.14. The Balaban J connectivity index is 1.44. The van der Waals surface area contributed by atoms with E-state index in [9.17, 15) is 24.0 Å². The highest BCUT2D eigenvalue weighted by atomic mass is 32.2. The minimum absolute atomic E-state index is 0.105. The Morgan fingerprint density at radius 3 is 2.20 bits per heavy atom. The van der Waals surface area contributed by atoms with Crippen LogP contribution in [0.5, 0.6) is 0 Å². The molecule has 226 valence electrons. The summed E-state index contributed by atoms with van der Waals surface area (Å²) >= 11 is 1.85. The third-order valence-electron chi connectivity index (χ3n) is 7.63. The van der Waals surface area contributed by atoms with Gasteiger partial charge in [0.25, 0.3) is 0 Å². The van der Waals surface area contributed by atoms with E-state index in [4.69, 9.17) is 4.74 Å². The number of hydrogen-bond donors (Lipinski definition) is 5. The summed E-state index contributed by atoms with van der Waals surface area (Å²) in [4.78, 5) is 63.2. The van der Waals surface area contributed by atoms with Gasteiger partial charge in [0.05, 0.1) is 24.7 Å². The van der Waals surface area contributed by atoms with E-state index >= 15 is 0 Å². The van der Waals surface area contributed by atoms with E-state index in [1.807, 2.05) is 39.5 Å². The summed E-state index contributed by atoms with van der Waals surface area (Å²) in [5.74, 6) is -0.0351. The maximum Gasteiger partial charge on any atom is 0.315 e. The van der Waals surface area contributed by atoms with Crippen molar-refractivity contribution in [2.45, 2.75) is 121 Å². The van der Waals surface area contributed by atoms with Crippen LogP contribution in [0.2, 0.25) is 0 Å². The highest BCUT2D eigenvalue weighted by Gasteiger charge is 2.50. The second-order valence-electron chi connectivity index (χ2n) is 12.4. The molecule has 0 spiro atoms. The number of rotatable bonds is 16. The van der Waals surface area contributed by atoms with Crippen molar-refractivity contribution in [1.29, 1.82) is 0 Å². The minimum Gasteiger partial charge on any atom is -0.361 e. The van der Waals surface area contributed by atoms with Crippen LogP contribution in [0.25, 0.3) is 0 Å². The van der Waals surface area contributed by atoms with Crippen LogP contribution in [0.3, 0.4) is 0 Å². The lowest BCUT2D eigenvalue weighted by Gasteiger charge is -2.26. The van der Waals surface area contributed by atoms with Crippen LogP contribution < -0.4 is 26.6 Å². The fourth-order valence-corrected chi connectivity index (χ4v) is 6.79. The van der Waals surface area contributed by atoms with Crippen molar-refractivity contribution >= 4 is 41.3 Å². The summed E-state index contributed by atoms with van der Waals surface area (Å²) in [5.41, 5.74) is -0.857. The fourth-order valence-electron chi connectivity index (χ4n) is 5.25. The lowest BCUT2D eigenvalue weighted by Crippen LogP contribution is -2.56. The molecular weight excluding hydrogens is 534 g/mol. The summed E-state index contributed by atoms with van der Waals surface area (Å²) in [7, 11) is 0. The van der Waals surface area contributed by atoms with Gasteiger partial charge in [-0.3, -0.25) is 19.2 Å². The van der Waals surface area contributed by atoms with Crippen LogP contribution >= 0.6 is 11.8 Å². The van der Waals surface area contributed by atoms with E-state index in [0.717, 1.165) is 18.6 Å². The number of carbonyl (C=O) groups is 5. The van der Waals surface area contributed by atoms with Gasteiger partial charge in [-0.25, -0.2) is 4.79 Å². The predicted octanol–water partition coefficient (Wildman–Crippen LogP) is 1.64. The van der Waals surface area contributed by atoms with Gasteiger partial charge in [-0.15, -0.1) is 0 Å². The van der Waals surface area contributed by atoms with Gasteiger partial charge >= 0.3 is 6.03 Å². The van der Waals surface area contributed by atoms with Crippen molar-refractivity contribution in [3.63, 3.8) is 0 Å². The Bertz CT molecular complexity index is 955. The second kappa shape index (κ2) is 14.0. The van der Waals surface area contributed by atoms with E-state index in [2.05, 4.69) is 26.6 Å². The number of ketones is 1. The highest BCUT2D eigenvalue weighted by molar-refractivity contribution is 8.00. The molecule has 3 saturated heterocycles. The monoisotopic (exact) mass is 581 g/mol. The van der Waals surface area contributed by atoms with Crippen LogP contribution in [0.1, 0.15) is 80.1 Å². The maximum atomic E-state index is 13.2. The minimum atomic E-state index is -0.857. The van der Waals surface area contributed by atoms with Crippen molar-refractivity contribution in [3.8, 4) is 0 Å². The van der Waals surface area contributed by atoms with Crippen molar-refractivity contribution in [1.82, 2.24) is 26.6 Å². The van der Waals surface area contributed by atoms with Crippen LogP contribution in [0.4, 0.5) is 4.79 Å². The second-order valence-corrected chi connectivity index (χ2v) is 13.7. The zero-order valence-electron chi connectivity index (χ0n) is 24.6. The van der Waals surface area contributed by atoms with Gasteiger partial charge < -0.3 is 31.3 Å². The van der Waals surface area contributed by atoms with Gasteiger partial charge in [-0.2, -0.15) is 11.8 Å². The number of amides is 5. The molecule has 5 amide bonds. The standard InChI is InChI=1S/C28H47N5O6S/c1-15(2)11-18(24(35)28(6)14-39-28)30-26(37)19(12-16(3)4)31-25(36)17(5)29-22(34)10-8-7-9-21-23-20(13-40-21)32-27(38)33-23/h15-21,23H,7-14H2,1-6H3,(H,29,34)(H,30,37)(H,31,36)(H2,32,33,38)/t17-,18-,19-,20?,21-,23?,28+/m0/s1. The molecule has 0 aromatic heterocycles. The Kier molecular flexibility index (Phi) is 11.3. The Morgan fingerprint density at radius 1 is 0.950 bits per heavy atom. The van der Waals surface area contributed by atoms with Gasteiger partial charge in [0.15, 0.2) is 5.78 Å². The molecule has 0 saturated carbocycles. The van der Waals surface area contributed by atoms with Gasteiger partial charge in [0.2, 0.25) is 17.7 Å². The predicted molar refractivity (Wildman–Crippen MR) is 154 cm³/mol. The summed E-state index contributed by atoms with van der Waals surface area (Å²) in [6.07, 6.45) is 3.61. The molecule has 0 radical (unpaired) electrons. The highest BCUT2D eigenvalue weighted by Crippen LogP contribution is 2.33. The number of nitrogens with one attached hydrogen (secondary N) is 5. The zero-order chi connectivity index (χ0) is 29.6. The van der Waals surface area contributed by atoms with E-state index < -0.39 is 35.5 Å². The molecule has 2 unspecified atom stereocenters. The van der Waals surface area contributed by atoms with E-state index in [0.29, 0.717) is 37.5 Å². The molecule has 40 heavy (non-hydrogen) atoms. The van der Waals surface area contributed by atoms with Crippen molar-refractivity contribution in [2.75, 3.05) is 12.4 Å². The molecule has 5 N–H and O–H groups in total. The summed E-state index contributed by atoms with van der Waals surface area (Å²) < 4.78 is 5.31. The average molecular weight is 582 g/mol. The van der Waals surface area contributed by atoms with Crippen LogP contribution in [-0.4, -0.2) is 83.0 Å². The first kappa shape index (κ1) is 32.2. The number of epoxide rings is 1. The molecule has 3 aliphatic heterocycles. The Hall–Kier alpha value is -2.34. The normalized spacial score (nSPS) is 27.3. The van der Waals surface area contributed by atoms with Crippen molar-refractivity contribution in [3.05, 3.63) is 0 Å². The van der Waals surface area contributed by atoms with Gasteiger partial charge in [0.1, 0.15) is 17.7 Å². The first-order valence-corrected chi connectivity index (χ1v) is 15.6. The van der Waals surface area contributed by atoms with E-state index in [-0.39, 0.29) is 41.6 Å². The molecule has 0 aromatic rings. The molecule has 11 nitrogen and oxygen atoms in total. The molecule has 0 aliphatic carbocycles. The van der Waals surface area contributed by atoms with Crippen molar-refractivity contribution in [2.24, 2.45) is 11.8 Å². The number of urea groups is 1. The number of Topliss-reactive ketones (excluding diaryl/α,β-unsaturated/α-hetero) is 1. The molecule has 3 heterocycles. The zero-order valence-corrected chi connectivity index (χ0v) is 25.4. The first-order chi connectivity index (χ1) is 18.8. The largest absolute Gasteiger partial charge is 0.361 e. The van der Waals surface area contributed by atoms with E-state index in [1.165, 1.54) is 0 Å². The summed E-state index contributed by atoms with van der Waals surface area (Å²) in [6, 6.07) is -2.11. The molecule has 3 rings (SSSR count). The maximum absolute atomic E-state index is 13.2. The number of ether oxygens (including phenoxy) is 1. The lowest BCUT2D eigenvalue weighted by atomic mass is 9.92. The number of fused-ring (bicyclic) bond motifs is 1. The Morgan fingerprint density at radius 2 is 1.57 bits per heavy atom. The number of thioether (sulfide) groups is 1. The molecule has 3 aliphatic rings. The van der Waals surface area contributed by atoms with Crippen LogP contribution in [-0.2, 0) is 23.9 Å². The number of hydrogen-bond acceptors (Lipinski definition) is 7. The fraction of sp³-hybridized carbons (Fsp3) is 0.821. The SMILES string of the molecule is CC(C)C[C@H](NC(=O)[C@H](C)NC(=O)CCCC[C@@H]1SCC2NC(=O)NC21)C(=O)N[C@@H](CC(C)C)C(=O)[C@@]1(C)CO1. The number of carbonyl (C=O) groups excluding carboxylic acids is 5. The molecule has 0 aromatic carbocycles. The van der Waals surface area contributed by atoms with E-state index in [1.54, 1.807) is 13.8 Å². The summed E-state index contributed by atoms with van der Waals surface area (Å²) in [6.45, 7) is 11.5. The first-order valence-electron chi connectivity index (χ1n) is 14.6. The topological polar surface area (TPSA) is 158 Å². The molecular formula is C28H47N5O6S. The molecule has 0 bridgehead atoms. The lowest BCUT2D eigenvalue weighted by molar-refractivity contribution is -0.134. The quantitative estimate of drug-likeness (QED) is 0.105. The third kappa shape index (κ3) is 9.09. The molecule has 3 fully saturated rings. The summed E-state index contributed by atoms with van der Waals surface area (Å²) in [5, 5.41) is 14.6.